The van der Waals surface area contributed by atoms with Crippen molar-refractivity contribution in [3.05, 3.63) is 28.2 Å². The minimum atomic E-state index is -3.73. The van der Waals surface area contributed by atoms with Crippen LogP contribution >= 0.6 is 15.9 Å². The third-order valence-corrected chi connectivity index (χ3v) is 6.14. The molecule has 0 spiro atoms. The molecule has 1 saturated carbocycles. The van der Waals surface area contributed by atoms with Gasteiger partial charge in [0.2, 0.25) is 10.0 Å². The number of aromatic carboxylic acids is 1. The van der Waals surface area contributed by atoms with E-state index < -0.39 is 21.5 Å². The molecule has 0 amide bonds. The molecule has 0 unspecified atom stereocenters. The Morgan fingerprint density at radius 3 is 2.48 bits per heavy atom. The fourth-order valence-electron chi connectivity index (χ4n) is 2.65. The van der Waals surface area contributed by atoms with E-state index in [9.17, 15) is 13.2 Å². The highest BCUT2D eigenvalue weighted by atomic mass is 79.9. The lowest BCUT2D eigenvalue weighted by Gasteiger charge is -2.34. The summed E-state index contributed by atoms with van der Waals surface area (Å²) in [6.45, 7) is 1.90. The lowest BCUT2D eigenvalue weighted by atomic mass is 9.84. The first-order valence-electron chi connectivity index (χ1n) is 6.80. The molecule has 0 radical (unpaired) electrons. The highest BCUT2D eigenvalue weighted by molar-refractivity contribution is 9.10. The summed E-state index contributed by atoms with van der Waals surface area (Å²) in [6.07, 6.45) is 4.72. The summed E-state index contributed by atoms with van der Waals surface area (Å²) in [7, 11) is -3.73. The number of carboxylic acids is 1. The van der Waals surface area contributed by atoms with Gasteiger partial charge in [0, 0.05) is 10.0 Å². The molecule has 2 N–H and O–H groups in total. The molecule has 5 nitrogen and oxygen atoms in total. The van der Waals surface area contributed by atoms with Crippen LogP contribution in [0, 0.1) is 0 Å². The number of carboxylic acid groups (broad SMARTS) is 1. The van der Waals surface area contributed by atoms with Crippen molar-refractivity contribution in [2.75, 3.05) is 0 Å². The standard InChI is InChI=1S/C14H18BrNO4S/c1-14(7-3-2-4-8-14)16-21(19,20)10-5-6-12(15)11(9-10)13(17)18/h5-6,9,16H,2-4,7-8H2,1H3,(H,17,18). The lowest BCUT2D eigenvalue weighted by molar-refractivity contribution is 0.0695. The van der Waals surface area contributed by atoms with Gasteiger partial charge in [-0.3, -0.25) is 0 Å². The van der Waals surface area contributed by atoms with Crippen molar-refractivity contribution in [2.45, 2.75) is 49.5 Å². The van der Waals surface area contributed by atoms with Crippen LogP contribution in [0.1, 0.15) is 49.4 Å². The van der Waals surface area contributed by atoms with Crippen LogP contribution in [-0.2, 0) is 10.0 Å². The van der Waals surface area contributed by atoms with Gasteiger partial charge >= 0.3 is 5.97 Å². The van der Waals surface area contributed by atoms with Gasteiger partial charge in [-0.05, 0) is 53.9 Å². The Labute approximate surface area is 132 Å². The zero-order chi connectivity index (χ0) is 15.7. The molecule has 1 fully saturated rings. The average Bonchev–Trinajstić information content (AvgIpc) is 2.38. The molecule has 1 aliphatic rings. The van der Waals surface area contributed by atoms with Crippen LogP contribution < -0.4 is 4.72 Å². The fourth-order valence-corrected chi connectivity index (χ4v) is 4.56. The van der Waals surface area contributed by atoms with E-state index in [-0.39, 0.29) is 10.5 Å². The highest BCUT2D eigenvalue weighted by Crippen LogP contribution is 2.30. The maximum atomic E-state index is 12.5. The molecular formula is C14H18BrNO4S. The van der Waals surface area contributed by atoms with Crippen molar-refractivity contribution >= 4 is 31.9 Å². The monoisotopic (exact) mass is 375 g/mol. The van der Waals surface area contributed by atoms with Gasteiger partial charge in [0.1, 0.15) is 0 Å². The quantitative estimate of drug-likeness (QED) is 0.846. The van der Waals surface area contributed by atoms with Gasteiger partial charge in [-0.2, -0.15) is 0 Å². The molecule has 1 aromatic carbocycles. The minimum Gasteiger partial charge on any atom is -0.478 e. The largest absolute Gasteiger partial charge is 0.478 e. The van der Waals surface area contributed by atoms with Crippen LogP contribution in [0.25, 0.3) is 0 Å². The van der Waals surface area contributed by atoms with E-state index in [1.165, 1.54) is 18.2 Å². The van der Waals surface area contributed by atoms with Crippen LogP contribution in [-0.4, -0.2) is 25.0 Å². The molecule has 1 aromatic rings. The maximum Gasteiger partial charge on any atom is 0.336 e. The zero-order valence-corrected chi connectivity index (χ0v) is 14.1. The summed E-state index contributed by atoms with van der Waals surface area (Å²) in [5.41, 5.74) is -0.514. The summed E-state index contributed by atoms with van der Waals surface area (Å²) < 4.78 is 28.0. The lowest BCUT2D eigenvalue weighted by Crippen LogP contribution is -2.47. The zero-order valence-electron chi connectivity index (χ0n) is 11.7. The molecule has 0 bridgehead atoms. The Hall–Kier alpha value is -0.920. The predicted octanol–water partition coefficient (Wildman–Crippen LogP) is 3.15. The molecule has 116 valence electrons. The first kappa shape index (κ1) is 16.5. The van der Waals surface area contributed by atoms with Crippen molar-refractivity contribution in [2.24, 2.45) is 0 Å². The normalized spacial score (nSPS) is 18.4. The van der Waals surface area contributed by atoms with E-state index in [1.54, 1.807) is 0 Å². The van der Waals surface area contributed by atoms with Crippen LogP contribution in [0.5, 0.6) is 0 Å². The van der Waals surface area contributed by atoms with Gasteiger partial charge in [-0.25, -0.2) is 17.9 Å². The van der Waals surface area contributed by atoms with Crippen LogP contribution in [0.4, 0.5) is 0 Å². The van der Waals surface area contributed by atoms with Crippen LogP contribution in [0.3, 0.4) is 0 Å². The second kappa shape index (κ2) is 6.06. The fraction of sp³-hybridized carbons (Fsp3) is 0.500. The smallest absolute Gasteiger partial charge is 0.336 e. The van der Waals surface area contributed by atoms with E-state index in [1.807, 2.05) is 6.92 Å². The molecule has 0 atom stereocenters. The number of halogens is 1. The Morgan fingerprint density at radius 2 is 1.90 bits per heavy atom. The van der Waals surface area contributed by atoms with Crippen molar-refractivity contribution in [3.63, 3.8) is 0 Å². The molecule has 2 rings (SSSR count). The first-order chi connectivity index (χ1) is 9.73. The summed E-state index contributed by atoms with van der Waals surface area (Å²) >= 11 is 3.11. The summed E-state index contributed by atoms with van der Waals surface area (Å²) in [6, 6.07) is 4.03. The van der Waals surface area contributed by atoms with Crippen molar-refractivity contribution in [1.82, 2.24) is 4.72 Å². The average molecular weight is 376 g/mol. The third-order valence-electron chi connectivity index (χ3n) is 3.82. The Kier molecular flexibility index (Phi) is 4.75. The summed E-state index contributed by atoms with van der Waals surface area (Å²) in [4.78, 5) is 11.1. The maximum absolute atomic E-state index is 12.5. The van der Waals surface area contributed by atoms with Crippen molar-refractivity contribution in [1.29, 1.82) is 0 Å². The van der Waals surface area contributed by atoms with Gasteiger partial charge in [-0.1, -0.05) is 19.3 Å². The van der Waals surface area contributed by atoms with Crippen LogP contribution in [0.2, 0.25) is 0 Å². The van der Waals surface area contributed by atoms with Gasteiger partial charge in [0.15, 0.2) is 0 Å². The highest BCUT2D eigenvalue weighted by Gasteiger charge is 2.32. The summed E-state index contributed by atoms with van der Waals surface area (Å²) in [5, 5.41) is 9.08. The van der Waals surface area contributed by atoms with Gasteiger partial charge in [0.25, 0.3) is 0 Å². The third kappa shape index (κ3) is 3.84. The number of benzene rings is 1. The molecule has 0 aliphatic heterocycles. The number of rotatable bonds is 4. The number of sulfonamides is 1. The van der Waals surface area contributed by atoms with Gasteiger partial charge < -0.3 is 5.11 Å². The second-order valence-corrected chi connectivity index (χ2v) is 8.21. The molecule has 0 saturated heterocycles. The second-order valence-electron chi connectivity index (χ2n) is 5.67. The number of hydrogen-bond acceptors (Lipinski definition) is 3. The molecule has 21 heavy (non-hydrogen) atoms. The van der Waals surface area contributed by atoms with E-state index >= 15 is 0 Å². The van der Waals surface area contributed by atoms with Gasteiger partial charge in [-0.15, -0.1) is 0 Å². The first-order valence-corrected chi connectivity index (χ1v) is 9.08. The number of nitrogens with one attached hydrogen (secondary N) is 1. The topological polar surface area (TPSA) is 83.5 Å². The van der Waals surface area contributed by atoms with E-state index in [4.69, 9.17) is 5.11 Å². The Balaban J connectivity index is 2.31. The number of hydrogen-bond donors (Lipinski definition) is 2. The molecule has 0 heterocycles. The molecule has 1 aliphatic carbocycles. The van der Waals surface area contributed by atoms with Crippen molar-refractivity contribution < 1.29 is 18.3 Å². The molecule has 0 aromatic heterocycles. The van der Waals surface area contributed by atoms with Gasteiger partial charge in [0.05, 0.1) is 10.5 Å². The Morgan fingerprint density at radius 1 is 1.29 bits per heavy atom. The van der Waals surface area contributed by atoms with E-state index in [0.717, 1.165) is 32.1 Å². The minimum absolute atomic E-state index is 0.0186. The molecular weight excluding hydrogens is 358 g/mol. The van der Waals surface area contributed by atoms with Crippen molar-refractivity contribution in [3.8, 4) is 0 Å². The number of carbonyl (C=O) groups is 1. The van der Waals surface area contributed by atoms with E-state index in [0.29, 0.717) is 4.47 Å². The SMILES string of the molecule is CC1(NS(=O)(=O)c2ccc(Br)c(C(=O)O)c2)CCCCC1. The predicted molar refractivity (Wildman–Crippen MR) is 82.9 cm³/mol. The Bertz CT molecular complexity index is 651. The van der Waals surface area contributed by atoms with Crippen LogP contribution in [0.15, 0.2) is 27.6 Å². The van der Waals surface area contributed by atoms with E-state index in [2.05, 4.69) is 20.7 Å². The summed E-state index contributed by atoms with van der Waals surface area (Å²) in [5.74, 6) is -1.16. The molecule has 7 heteroatoms.